The minimum Gasteiger partial charge on any atom is -0.352 e. The second kappa shape index (κ2) is 9.03. The van der Waals surface area contributed by atoms with Gasteiger partial charge in [0, 0.05) is 42.2 Å². The van der Waals surface area contributed by atoms with Gasteiger partial charge in [-0.1, -0.05) is 18.2 Å². The van der Waals surface area contributed by atoms with Crippen LogP contribution in [-0.2, 0) is 6.54 Å². The third kappa shape index (κ3) is 3.88. The number of aromatic nitrogens is 3. The standard InChI is InChI=1S/C28H29N5S/c1-18-8-7-10-25(20(18)3)33-19(2)16-23(21(33)4)27-26(24-9-5-6-13-30-24)31-28(34)32(27)17-22-11-14-29-15-12-22/h5-16,26-27H,17H2,1-4H3,(H,31,34)/t26-,27+/m0/s1. The molecule has 1 aliphatic heterocycles. The largest absolute Gasteiger partial charge is 0.352 e. The Morgan fingerprint density at radius 2 is 1.74 bits per heavy atom. The zero-order valence-corrected chi connectivity index (χ0v) is 20.8. The van der Waals surface area contributed by atoms with Crippen LogP contribution in [0.1, 0.15) is 51.4 Å². The number of benzene rings is 1. The van der Waals surface area contributed by atoms with Crippen LogP contribution in [0.15, 0.2) is 73.2 Å². The summed E-state index contributed by atoms with van der Waals surface area (Å²) in [6.45, 7) is 9.46. The maximum Gasteiger partial charge on any atom is 0.170 e. The summed E-state index contributed by atoms with van der Waals surface area (Å²) < 4.78 is 2.37. The van der Waals surface area contributed by atoms with Crippen LogP contribution in [0, 0.1) is 27.7 Å². The van der Waals surface area contributed by atoms with Crippen molar-refractivity contribution < 1.29 is 0 Å². The lowest BCUT2D eigenvalue weighted by molar-refractivity contribution is 0.310. The fraction of sp³-hybridized carbons (Fsp3) is 0.250. The Bertz CT molecular complexity index is 1330. The molecule has 0 radical (unpaired) electrons. The first-order chi connectivity index (χ1) is 16.5. The molecule has 1 aromatic carbocycles. The Labute approximate surface area is 206 Å². The molecule has 1 N–H and O–H groups in total. The second-order valence-corrected chi connectivity index (χ2v) is 9.38. The van der Waals surface area contributed by atoms with Gasteiger partial charge < -0.3 is 14.8 Å². The van der Waals surface area contributed by atoms with Gasteiger partial charge in [0.15, 0.2) is 5.11 Å². The molecule has 0 saturated carbocycles. The summed E-state index contributed by atoms with van der Waals surface area (Å²) in [5.41, 5.74) is 9.68. The lowest BCUT2D eigenvalue weighted by Crippen LogP contribution is -2.29. The first-order valence-corrected chi connectivity index (χ1v) is 12.0. The fourth-order valence-electron chi connectivity index (χ4n) is 5.03. The molecule has 34 heavy (non-hydrogen) atoms. The molecule has 4 aromatic rings. The van der Waals surface area contributed by atoms with Crippen molar-refractivity contribution in [3.63, 3.8) is 0 Å². The number of thiocarbonyl (C=S) groups is 1. The molecule has 4 heterocycles. The molecule has 0 spiro atoms. The molecule has 2 atom stereocenters. The maximum absolute atomic E-state index is 5.87. The van der Waals surface area contributed by atoms with E-state index in [4.69, 9.17) is 12.2 Å². The highest BCUT2D eigenvalue weighted by molar-refractivity contribution is 7.80. The molecular formula is C28H29N5S. The number of nitrogens with one attached hydrogen (secondary N) is 1. The molecule has 0 bridgehead atoms. The third-order valence-corrected chi connectivity index (χ3v) is 7.26. The summed E-state index contributed by atoms with van der Waals surface area (Å²) >= 11 is 5.87. The maximum atomic E-state index is 5.87. The van der Waals surface area contributed by atoms with Gasteiger partial charge in [0.1, 0.15) is 0 Å². The van der Waals surface area contributed by atoms with Gasteiger partial charge in [0.05, 0.1) is 17.8 Å². The normalized spacial score (nSPS) is 17.8. The third-order valence-electron chi connectivity index (χ3n) is 6.91. The first kappa shape index (κ1) is 22.3. The van der Waals surface area contributed by atoms with Crippen LogP contribution in [0.2, 0.25) is 0 Å². The van der Waals surface area contributed by atoms with Crippen LogP contribution in [0.3, 0.4) is 0 Å². The lowest BCUT2D eigenvalue weighted by Gasteiger charge is -2.28. The summed E-state index contributed by atoms with van der Waals surface area (Å²) in [5, 5.41) is 4.32. The van der Waals surface area contributed by atoms with Gasteiger partial charge in [-0.25, -0.2) is 0 Å². The van der Waals surface area contributed by atoms with E-state index < -0.39 is 0 Å². The predicted molar refractivity (Wildman–Crippen MR) is 140 cm³/mol. The van der Waals surface area contributed by atoms with E-state index in [0.29, 0.717) is 6.54 Å². The number of hydrogen-bond donors (Lipinski definition) is 1. The van der Waals surface area contributed by atoms with E-state index in [1.165, 1.54) is 39.3 Å². The fourth-order valence-corrected chi connectivity index (χ4v) is 5.34. The Kier molecular flexibility index (Phi) is 5.92. The smallest absolute Gasteiger partial charge is 0.170 e. The molecule has 1 aliphatic rings. The molecule has 5 rings (SSSR count). The lowest BCUT2D eigenvalue weighted by atomic mass is 9.96. The molecule has 0 unspecified atom stereocenters. The topological polar surface area (TPSA) is 46.0 Å². The molecule has 0 amide bonds. The Morgan fingerprint density at radius 1 is 0.941 bits per heavy atom. The highest BCUT2D eigenvalue weighted by atomic mass is 32.1. The summed E-state index contributed by atoms with van der Waals surface area (Å²) in [5.74, 6) is 0. The van der Waals surface area contributed by atoms with Crippen molar-refractivity contribution in [2.24, 2.45) is 0 Å². The number of aryl methyl sites for hydroxylation is 2. The van der Waals surface area contributed by atoms with E-state index in [0.717, 1.165) is 10.8 Å². The molecule has 0 aliphatic carbocycles. The summed E-state index contributed by atoms with van der Waals surface area (Å²) in [7, 11) is 0. The van der Waals surface area contributed by atoms with E-state index in [9.17, 15) is 0 Å². The number of nitrogens with zero attached hydrogens (tertiary/aromatic N) is 4. The van der Waals surface area contributed by atoms with Crippen LogP contribution in [0.25, 0.3) is 5.69 Å². The van der Waals surface area contributed by atoms with E-state index in [1.54, 1.807) is 0 Å². The van der Waals surface area contributed by atoms with Gasteiger partial charge in [-0.15, -0.1) is 0 Å². The predicted octanol–water partition coefficient (Wildman–Crippen LogP) is 5.67. The van der Waals surface area contributed by atoms with Crippen molar-refractivity contribution >= 4 is 17.3 Å². The summed E-state index contributed by atoms with van der Waals surface area (Å²) in [6, 6.07) is 19.0. The highest BCUT2D eigenvalue weighted by Gasteiger charge is 2.41. The Hall–Kier alpha value is -3.51. The molecule has 172 valence electrons. The van der Waals surface area contributed by atoms with Gasteiger partial charge in [-0.2, -0.15) is 0 Å². The molecular weight excluding hydrogens is 438 g/mol. The van der Waals surface area contributed by atoms with Gasteiger partial charge in [-0.3, -0.25) is 9.97 Å². The van der Waals surface area contributed by atoms with Crippen LogP contribution in [-0.4, -0.2) is 24.5 Å². The van der Waals surface area contributed by atoms with Crippen molar-refractivity contribution in [2.75, 3.05) is 0 Å². The summed E-state index contributed by atoms with van der Waals surface area (Å²) in [4.78, 5) is 11.2. The minimum atomic E-state index is -0.0388. The van der Waals surface area contributed by atoms with Crippen LogP contribution in [0.5, 0.6) is 0 Å². The molecule has 3 aromatic heterocycles. The van der Waals surface area contributed by atoms with Gasteiger partial charge >= 0.3 is 0 Å². The van der Waals surface area contributed by atoms with Crippen molar-refractivity contribution in [2.45, 2.75) is 46.3 Å². The number of rotatable bonds is 5. The van der Waals surface area contributed by atoms with E-state index in [-0.39, 0.29) is 12.1 Å². The first-order valence-electron chi connectivity index (χ1n) is 11.6. The van der Waals surface area contributed by atoms with E-state index >= 15 is 0 Å². The summed E-state index contributed by atoms with van der Waals surface area (Å²) in [6.07, 6.45) is 5.51. The van der Waals surface area contributed by atoms with E-state index in [2.05, 4.69) is 82.8 Å². The zero-order valence-electron chi connectivity index (χ0n) is 20.0. The van der Waals surface area contributed by atoms with Crippen LogP contribution >= 0.6 is 12.2 Å². The molecule has 1 fully saturated rings. The van der Waals surface area contributed by atoms with Crippen LogP contribution < -0.4 is 5.32 Å². The molecule has 5 nitrogen and oxygen atoms in total. The highest BCUT2D eigenvalue weighted by Crippen LogP contribution is 2.42. The Balaban J connectivity index is 1.64. The average molecular weight is 468 g/mol. The van der Waals surface area contributed by atoms with Crippen molar-refractivity contribution in [3.05, 3.63) is 113 Å². The van der Waals surface area contributed by atoms with Gasteiger partial charge in [0.25, 0.3) is 0 Å². The molecule has 6 heteroatoms. The second-order valence-electron chi connectivity index (χ2n) is 8.99. The van der Waals surface area contributed by atoms with Crippen LogP contribution in [0.4, 0.5) is 0 Å². The van der Waals surface area contributed by atoms with Crippen molar-refractivity contribution in [1.29, 1.82) is 0 Å². The van der Waals surface area contributed by atoms with Gasteiger partial charge in [0.2, 0.25) is 0 Å². The quantitative estimate of drug-likeness (QED) is 0.383. The monoisotopic (exact) mass is 467 g/mol. The average Bonchev–Trinajstić information content (AvgIpc) is 3.32. The van der Waals surface area contributed by atoms with E-state index in [1.807, 2.05) is 42.9 Å². The number of hydrogen-bond acceptors (Lipinski definition) is 3. The van der Waals surface area contributed by atoms with Gasteiger partial charge in [-0.05, 0) is 98.6 Å². The number of pyridine rings is 2. The zero-order chi connectivity index (χ0) is 23.8. The van der Waals surface area contributed by atoms with Crippen molar-refractivity contribution in [1.82, 2.24) is 24.8 Å². The minimum absolute atomic E-state index is 0.0145. The van der Waals surface area contributed by atoms with Crippen molar-refractivity contribution in [3.8, 4) is 5.69 Å². The Morgan fingerprint density at radius 3 is 2.47 bits per heavy atom. The molecule has 1 saturated heterocycles. The SMILES string of the molecule is Cc1cccc(-n2c(C)cc([C@@H]3[C@H](c4ccccn4)NC(=S)N3Cc3ccncc3)c2C)c1C.